The molecule has 2 amide bonds. The minimum Gasteiger partial charge on any atom is -0.380 e. The number of aliphatic hydroxyl groups is 1. The van der Waals surface area contributed by atoms with Crippen molar-refractivity contribution in [1.29, 1.82) is 0 Å². The maximum Gasteiger partial charge on any atom is 0.274 e. The van der Waals surface area contributed by atoms with E-state index >= 15 is 0 Å². The number of amides is 2. The van der Waals surface area contributed by atoms with Crippen molar-refractivity contribution >= 4 is 11.8 Å². The Hall–Kier alpha value is -1.89. The normalized spacial score (nSPS) is 26.8. The highest BCUT2D eigenvalue weighted by atomic mass is 16.3. The summed E-state index contributed by atoms with van der Waals surface area (Å²) in [7, 11) is 1.78. The van der Waals surface area contributed by atoms with Crippen LogP contribution in [0.2, 0.25) is 0 Å². The van der Waals surface area contributed by atoms with E-state index in [-0.39, 0.29) is 17.9 Å². The Labute approximate surface area is 152 Å². The van der Waals surface area contributed by atoms with Gasteiger partial charge >= 0.3 is 0 Å². The maximum atomic E-state index is 12.8. The zero-order chi connectivity index (χ0) is 18.1. The molecule has 140 valence electrons. The standard InChI is InChI=1S/C19H26N4O3/c1-21(11-13-3-2-8-22(13)17(25)19(26)6-7-19)16(24)15-9-14-10-18(4-5-18)12-23(14)20-15/h9,13,26H,2-8,10-12H2,1H3. The zero-order valence-corrected chi connectivity index (χ0v) is 15.3. The summed E-state index contributed by atoms with van der Waals surface area (Å²) in [4.78, 5) is 28.7. The van der Waals surface area contributed by atoms with Gasteiger partial charge in [0, 0.05) is 38.4 Å². The van der Waals surface area contributed by atoms with Crippen molar-refractivity contribution in [3.63, 3.8) is 0 Å². The topological polar surface area (TPSA) is 78.7 Å². The van der Waals surface area contributed by atoms with Crippen molar-refractivity contribution in [1.82, 2.24) is 19.6 Å². The first kappa shape index (κ1) is 16.3. The van der Waals surface area contributed by atoms with E-state index in [9.17, 15) is 14.7 Å². The molecule has 0 aromatic carbocycles. The van der Waals surface area contributed by atoms with E-state index in [2.05, 4.69) is 5.10 Å². The highest BCUT2D eigenvalue weighted by Crippen LogP contribution is 2.53. The number of hydrogen-bond acceptors (Lipinski definition) is 4. The van der Waals surface area contributed by atoms with Gasteiger partial charge < -0.3 is 14.9 Å². The largest absolute Gasteiger partial charge is 0.380 e. The second kappa shape index (κ2) is 5.31. The SMILES string of the molecule is CN(CC1CCCN1C(=O)C1(O)CC1)C(=O)c1cc2n(n1)CC1(CC1)C2. The Kier molecular flexibility index (Phi) is 3.33. The van der Waals surface area contributed by atoms with Crippen molar-refractivity contribution < 1.29 is 14.7 Å². The van der Waals surface area contributed by atoms with Crippen LogP contribution in [0.4, 0.5) is 0 Å². The lowest BCUT2D eigenvalue weighted by atomic mass is 10.0. The number of nitrogens with zero attached hydrogens (tertiary/aromatic N) is 4. The average Bonchev–Trinajstić information content (AvgIpc) is 3.37. The molecule has 2 aliphatic carbocycles. The molecule has 0 bridgehead atoms. The third kappa shape index (κ3) is 2.55. The van der Waals surface area contributed by atoms with Gasteiger partial charge in [-0.2, -0.15) is 5.10 Å². The molecular formula is C19H26N4O3. The fourth-order valence-corrected chi connectivity index (χ4v) is 4.60. The molecule has 1 aromatic rings. The second-order valence-corrected chi connectivity index (χ2v) is 8.87. The molecule has 2 saturated carbocycles. The average molecular weight is 358 g/mol. The van der Waals surface area contributed by atoms with Crippen LogP contribution in [0.3, 0.4) is 0 Å². The number of likely N-dealkylation sites (N-methyl/N-ethyl adjacent to an activating group) is 1. The van der Waals surface area contributed by atoms with Gasteiger partial charge in [0.05, 0.1) is 0 Å². The molecule has 1 N–H and O–H groups in total. The Morgan fingerprint density at radius 3 is 2.77 bits per heavy atom. The van der Waals surface area contributed by atoms with E-state index in [4.69, 9.17) is 0 Å². The molecule has 7 nitrogen and oxygen atoms in total. The van der Waals surface area contributed by atoms with Gasteiger partial charge in [0.25, 0.3) is 11.8 Å². The van der Waals surface area contributed by atoms with Gasteiger partial charge in [-0.25, -0.2) is 0 Å². The molecule has 1 aromatic heterocycles. The summed E-state index contributed by atoms with van der Waals surface area (Å²) in [6.45, 7) is 2.12. The molecule has 1 atom stereocenters. The van der Waals surface area contributed by atoms with Crippen LogP contribution in [0, 0.1) is 5.41 Å². The van der Waals surface area contributed by atoms with E-state index in [1.54, 1.807) is 16.8 Å². The zero-order valence-electron chi connectivity index (χ0n) is 15.3. The predicted molar refractivity (Wildman–Crippen MR) is 93.5 cm³/mol. The lowest BCUT2D eigenvalue weighted by Gasteiger charge is -2.30. The van der Waals surface area contributed by atoms with Crippen LogP contribution >= 0.6 is 0 Å². The van der Waals surface area contributed by atoms with Crippen molar-refractivity contribution in [2.24, 2.45) is 5.41 Å². The summed E-state index contributed by atoms with van der Waals surface area (Å²) in [6.07, 6.45) is 6.52. The molecule has 3 fully saturated rings. The van der Waals surface area contributed by atoms with E-state index in [1.807, 2.05) is 10.7 Å². The second-order valence-electron chi connectivity index (χ2n) is 8.87. The van der Waals surface area contributed by atoms with Crippen LogP contribution in [-0.2, 0) is 17.8 Å². The van der Waals surface area contributed by atoms with Crippen LogP contribution in [0.1, 0.15) is 54.7 Å². The molecular weight excluding hydrogens is 332 g/mol. The van der Waals surface area contributed by atoms with Crippen molar-refractivity contribution in [3.8, 4) is 0 Å². The van der Waals surface area contributed by atoms with Gasteiger partial charge in [0.15, 0.2) is 5.69 Å². The molecule has 1 spiro atoms. The van der Waals surface area contributed by atoms with Gasteiger partial charge in [0.1, 0.15) is 5.60 Å². The Balaban J connectivity index is 1.24. The molecule has 3 heterocycles. The number of aromatic nitrogens is 2. The maximum absolute atomic E-state index is 12.8. The Morgan fingerprint density at radius 2 is 2.12 bits per heavy atom. The van der Waals surface area contributed by atoms with Crippen molar-refractivity contribution in [3.05, 3.63) is 17.5 Å². The fourth-order valence-electron chi connectivity index (χ4n) is 4.60. The number of carbonyl (C=O) groups is 2. The first-order valence-electron chi connectivity index (χ1n) is 9.75. The van der Waals surface area contributed by atoms with Crippen LogP contribution in [0.5, 0.6) is 0 Å². The first-order chi connectivity index (χ1) is 12.4. The van der Waals surface area contributed by atoms with Gasteiger partial charge in [-0.15, -0.1) is 0 Å². The summed E-state index contributed by atoms with van der Waals surface area (Å²) < 4.78 is 2.00. The molecule has 2 aliphatic heterocycles. The molecule has 5 rings (SSSR count). The summed E-state index contributed by atoms with van der Waals surface area (Å²) in [5.41, 5.74) is 1.00. The van der Waals surface area contributed by atoms with E-state index in [1.165, 1.54) is 18.5 Å². The number of rotatable bonds is 4. The molecule has 4 aliphatic rings. The van der Waals surface area contributed by atoms with E-state index < -0.39 is 5.60 Å². The van der Waals surface area contributed by atoms with Crippen molar-refractivity contribution in [2.45, 2.75) is 63.1 Å². The fraction of sp³-hybridized carbons (Fsp3) is 0.737. The molecule has 26 heavy (non-hydrogen) atoms. The van der Waals surface area contributed by atoms with Crippen LogP contribution < -0.4 is 0 Å². The minimum absolute atomic E-state index is 0.00901. The molecule has 0 radical (unpaired) electrons. The Bertz CT molecular complexity index is 752. The van der Waals surface area contributed by atoms with E-state index in [0.717, 1.165) is 25.8 Å². The third-order valence-electron chi connectivity index (χ3n) is 6.67. The van der Waals surface area contributed by atoms with Gasteiger partial charge in [-0.05, 0) is 56.4 Å². The van der Waals surface area contributed by atoms with Gasteiger partial charge in [0.2, 0.25) is 0 Å². The summed E-state index contributed by atoms with van der Waals surface area (Å²) in [5, 5.41) is 14.7. The monoisotopic (exact) mass is 358 g/mol. The lowest BCUT2D eigenvalue weighted by molar-refractivity contribution is -0.143. The highest BCUT2D eigenvalue weighted by Gasteiger charge is 2.52. The van der Waals surface area contributed by atoms with Crippen LogP contribution in [0.15, 0.2) is 6.07 Å². The van der Waals surface area contributed by atoms with Crippen molar-refractivity contribution in [2.75, 3.05) is 20.1 Å². The predicted octanol–water partition coefficient (Wildman–Crippen LogP) is 0.807. The highest BCUT2D eigenvalue weighted by molar-refractivity contribution is 5.92. The van der Waals surface area contributed by atoms with Crippen LogP contribution in [-0.4, -0.2) is 68.3 Å². The first-order valence-corrected chi connectivity index (χ1v) is 9.75. The lowest BCUT2D eigenvalue weighted by Crippen LogP contribution is -2.48. The summed E-state index contributed by atoms with van der Waals surface area (Å²) in [6, 6.07) is 1.93. The number of hydrogen-bond donors (Lipinski definition) is 1. The summed E-state index contributed by atoms with van der Waals surface area (Å²) in [5.74, 6) is -0.238. The number of fused-ring (bicyclic) bond motifs is 1. The van der Waals surface area contributed by atoms with Gasteiger partial charge in [-0.3, -0.25) is 14.3 Å². The van der Waals surface area contributed by atoms with E-state index in [0.29, 0.717) is 37.0 Å². The third-order valence-corrected chi connectivity index (χ3v) is 6.67. The molecule has 1 unspecified atom stereocenters. The minimum atomic E-state index is -1.13. The molecule has 7 heteroatoms. The van der Waals surface area contributed by atoms with Crippen LogP contribution in [0.25, 0.3) is 0 Å². The number of likely N-dealkylation sites (tertiary alicyclic amines) is 1. The van der Waals surface area contributed by atoms with Gasteiger partial charge in [-0.1, -0.05) is 0 Å². The Morgan fingerprint density at radius 1 is 1.35 bits per heavy atom. The quantitative estimate of drug-likeness (QED) is 0.864. The summed E-state index contributed by atoms with van der Waals surface area (Å²) >= 11 is 0. The molecule has 1 saturated heterocycles. The smallest absolute Gasteiger partial charge is 0.274 e. The number of carbonyl (C=O) groups excluding carboxylic acids is 2.